The highest BCUT2D eigenvalue weighted by Crippen LogP contribution is 2.22. The van der Waals surface area contributed by atoms with Gasteiger partial charge in [-0.15, -0.1) is 11.3 Å². The van der Waals surface area contributed by atoms with Gasteiger partial charge in [-0.1, -0.05) is 0 Å². The van der Waals surface area contributed by atoms with Crippen LogP contribution < -0.4 is 5.32 Å². The Hall–Kier alpha value is -0.450. The fourth-order valence-electron chi connectivity index (χ4n) is 2.68. The third-order valence-corrected chi connectivity index (χ3v) is 4.85. The van der Waals surface area contributed by atoms with E-state index in [0.29, 0.717) is 0 Å². The second-order valence-corrected chi connectivity index (χ2v) is 6.82. The number of hydrogen-bond acceptors (Lipinski definition) is 4. The van der Waals surface area contributed by atoms with Crippen LogP contribution >= 0.6 is 11.3 Å². The molecule has 18 heavy (non-hydrogen) atoms. The fourth-order valence-corrected chi connectivity index (χ4v) is 3.28. The SMILES string of the molecule is Cc1nc(CN2CCC(CNC3CC3)CC2)cs1. The zero-order chi connectivity index (χ0) is 12.4. The quantitative estimate of drug-likeness (QED) is 0.886. The second-order valence-electron chi connectivity index (χ2n) is 5.76. The highest BCUT2D eigenvalue weighted by Gasteiger charge is 2.24. The minimum atomic E-state index is 0.862. The molecule has 1 aromatic rings. The lowest BCUT2D eigenvalue weighted by Gasteiger charge is -2.31. The summed E-state index contributed by atoms with van der Waals surface area (Å²) < 4.78 is 0. The van der Waals surface area contributed by atoms with E-state index in [9.17, 15) is 0 Å². The summed E-state index contributed by atoms with van der Waals surface area (Å²) in [5.41, 5.74) is 1.26. The summed E-state index contributed by atoms with van der Waals surface area (Å²) in [4.78, 5) is 7.11. The van der Waals surface area contributed by atoms with Crippen LogP contribution in [0.25, 0.3) is 0 Å². The molecule has 100 valence electrons. The van der Waals surface area contributed by atoms with Crippen LogP contribution in [0, 0.1) is 12.8 Å². The van der Waals surface area contributed by atoms with Gasteiger partial charge in [-0.05, 0) is 58.2 Å². The molecular weight excluding hydrogens is 242 g/mol. The molecule has 1 aromatic heterocycles. The van der Waals surface area contributed by atoms with E-state index in [1.165, 1.54) is 56.0 Å². The van der Waals surface area contributed by atoms with Gasteiger partial charge in [-0.25, -0.2) is 4.98 Å². The van der Waals surface area contributed by atoms with Crippen molar-refractivity contribution >= 4 is 11.3 Å². The first-order valence-electron chi connectivity index (χ1n) is 7.16. The van der Waals surface area contributed by atoms with Crippen LogP contribution in [0.15, 0.2) is 5.38 Å². The third kappa shape index (κ3) is 3.53. The highest BCUT2D eigenvalue weighted by atomic mass is 32.1. The lowest BCUT2D eigenvalue weighted by molar-refractivity contribution is 0.174. The Kier molecular flexibility index (Phi) is 3.97. The van der Waals surface area contributed by atoms with Gasteiger partial charge < -0.3 is 5.32 Å². The Balaban J connectivity index is 1.39. The maximum Gasteiger partial charge on any atom is 0.0897 e. The van der Waals surface area contributed by atoms with E-state index in [2.05, 4.69) is 27.5 Å². The zero-order valence-electron chi connectivity index (χ0n) is 11.2. The number of thiazole rings is 1. The van der Waals surface area contributed by atoms with Crippen LogP contribution in [0.4, 0.5) is 0 Å². The fraction of sp³-hybridized carbons (Fsp3) is 0.786. The van der Waals surface area contributed by atoms with E-state index in [1.807, 2.05) is 0 Å². The van der Waals surface area contributed by atoms with Gasteiger partial charge in [0.15, 0.2) is 0 Å². The zero-order valence-corrected chi connectivity index (χ0v) is 12.0. The van der Waals surface area contributed by atoms with E-state index < -0.39 is 0 Å². The van der Waals surface area contributed by atoms with Gasteiger partial charge in [-0.3, -0.25) is 4.90 Å². The van der Waals surface area contributed by atoms with Crippen LogP contribution in [0.5, 0.6) is 0 Å². The molecule has 1 saturated carbocycles. The van der Waals surface area contributed by atoms with E-state index >= 15 is 0 Å². The standard InChI is InChI=1S/C14H23N3S/c1-11-16-14(10-18-11)9-17-6-4-12(5-7-17)8-15-13-2-3-13/h10,12-13,15H,2-9H2,1H3. The van der Waals surface area contributed by atoms with Crippen molar-refractivity contribution in [3.63, 3.8) is 0 Å². The first-order valence-corrected chi connectivity index (χ1v) is 8.04. The van der Waals surface area contributed by atoms with Gasteiger partial charge in [0.2, 0.25) is 0 Å². The monoisotopic (exact) mass is 265 g/mol. The van der Waals surface area contributed by atoms with Crippen LogP contribution in [-0.4, -0.2) is 35.6 Å². The maximum atomic E-state index is 4.56. The average molecular weight is 265 g/mol. The first-order chi connectivity index (χ1) is 8.79. The molecule has 1 saturated heterocycles. The number of hydrogen-bond donors (Lipinski definition) is 1. The summed E-state index contributed by atoms with van der Waals surface area (Å²) >= 11 is 1.76. The van der Waals surface area contributed by atoms with Crippen molar-refractivity contribution in [1.29, 1.82) is 0 Å². The highest BCUT2D eigenvalue weighted by molar-refractivity contribution is 7.09. The van der Waals surface area contributed by atoms with Crippen molar-refractivity contribution in [2.75, 3.05) is 19.6 Å². The van der Waals surface area contributed by atoms with Crippen LogP contribution in [0.2, 0.25) is 0 Å². The summed E-state index contributed by atoms with van der Waals surface area (Å²) in [7, 11) is 0. The average Bonchev–Trinajstić information content (AvgIpc) is 3.12. The number of aromatic nitrogens is 1. The molecule has 2 heterocycles. The molecule has 3 nitrogen and oxygen atoms in total. The van der Waals surface area contributed by atoms with E-state index in [4.69, 9.17) is 0 Å². The maximum absolute atomic E-state index is 4.56. The Labute approximate surface area is 114 Å². The number of likely N-dealkylation sites (tertiary alicyclic amines) is 1. The van der Waals surface area contributed by atoms with Gasteiger partial charge in [0.1, 0.15) is 0 Å². The second kappa shape index (κ2) is 5.68. The molecule has 0 amide bonds. The van der Waals surface area contributed by atoms with Crippen LogP contribution in [0.1, 0.15) is 36.4 Å². The molecule has 0 radical (unpaired) electrons. The lowest BCUT2D eigenvalue weighted by Crippen LogP contribution is -2.37. The number of rotatable bonds is 5. The normalized spacial score (nSPS) is 22.5. The minimum absolute atomic E-state index is 0.862. The predicted octanol–water partition coefficient (Wildman–Crippen LogP) is 2.42. The van der Waals surface area contributed by atoms with Crippen molar-refractivity contribution < 1.29 is 0 Å². The molecule has 3 rings (SSSR count). The van der Waals surface area contributed by atoms with Crippen molar-refractivity contribution in [3.05, 3.63) is 16.1 Å². The van der Waals surface area contributed by atoms with Crippen molar-refractivity contribution in [3.8, 4) is 0 Å². The minimum Gasteiger partial charge on any atom is -0.314 e. The Morgan fingerprint density at radius 1 is 1.33 bits per heavy atom. The number of piperidine rings is 1. The largest absolute Gasteiger partial charge is 0.314 e. The molecule has 1 aliphatic heterocycles. The molecular formula is C14H23N3S. The molecule has 0 unspecified atom stereocenters. The third-order valence-electron chi connectivity index (χ3n) is 4.03. The number of nitrogens with one attached hydrogen (secondary N) is 1. The van der Waals surface area contributed by atoms with E-state index in [0.717, 1.165) is 18.5 Å². The smallest absolute Gasteiger partial charge is 0.0897 e. The molecule has 2 fully saturated rings. The molecule has 0 aromatic carbocycles. The van der Waals surface area contributed by atoms with E-state index in [1.54, 1.807) is 11.3 Å². The Morgan fingerprint density at radius 3 is 2.72 bits per heavy atom. The molecule has 0 spiro atoms. The Bertz CT molecular complexity index is 378. The molecule has 1 aliphatic carbocycles. The van der Waals surface area contributed by atoms with E-state index in [-0.39, 0.29) is 0 Å². The Morgan fingerprint density at radius 2 is 2.11 bits per heavy atom. The van der Waals surface area contributed by atoms with Gasteiger partial charge in [0.05, 0.1) is 10.7 Å². The molecule has 4 heteroatoms. The van der Waals surface area contributed by atoms with Crippen molar-refractivity contribution in [1.82, 2.24) is 15.2 Å². The molecule has 1 N–H and O–H groups in total. The summed E-state index contributed by atoms with van der Waals surface area (Å²) in [5, 5.41) is 7.06. The van der Waals surface area contributed by atoms with Gasteiger partial charge in [0, 0.05) is 18.0 Å². The lowest BCUT2D eigenvalue weighted by atomic mass is 9.96. The van der Waals surface area contributed by atoms with Gasteiger partial charge >= 0.3 is 0 Å². The van der Waals surface area contributed by atoms with Gasteiger partial charge in [0.25, 0.3) is 0 Å². The first kappa shape index (κ1) is 12.6. The topological polar surface area (TPSA) is 28.2 Å². The summed E-state index contributed by atoms with van der Waals surface area (Å²) in [5.74, 6) is 0.902. The van der Waals surface area contributed by atoms with Gasteiger partial charge in [-0.2, -0.15) is 0 Å². The number of nitrogens with zero attached hydrogens (tertiary/aromatic N) is 2. The summed E-state index contributed by atoms with van der Waals surface area (Å²) in [6.07, 6.45) is 5.51. The summed E-state index contributed by atoms with van der Waals surface area (Å²) in [6.45, 7) is 6.87. The summed E-state index contributed by atoms with van der Waals surface area (Å²) in [6, 6.07) is 0.862. The number of aryl methyl sites for hydroxylation is 1. The molecule has 0 bridgehead atoms. The van der Waals surface area contributed by atoms with Crippen LogP contribution in [-0.2, 0) is 6.54 Å². The van der Waals surface area contributed by atoms with Crippen LogP contribution in [0.3, 0.4) is 0 Å². The molecule has 2 aliphatic rings. The van der Waals surface area contributed by atoms with Crippen molar-refractivity contribution in [2.45, 2.75) is 45.2 Å². The molecule has 0 atom stereocenters. The van der Waals surface area contributed by atoms with Crippen molar-refractivity contribution in [2.24, 2.45) is 5.92 Å². The predicted molar refractivity (Wildman–Crippen MR) is 75.9 cm³/mol.